The number of amidine groups is 1. The van der Waals surface area contributed by atoms with E-state index in [0.29, 0.717) is 16.3 Å². The minimum atomic E-state index is 0.151. The minimum absolute atomic E-state index is 0.151. The van der Waals surface area contributed by atoms with Crippen LogP contribution in [0.3, 0.4) is 0 Å². The zero-order valence-corrected chi connectivity index (χ0v) is 16.8. The van der Waals surface area contributed by atoms with Crippen LogP contribution in [0.25, 0.3) is 16.8 Å². The molecule has 1 aromatic heterocycles. The van der Waals surface area contributed by atoms with Crippen molar-refractivity contribution in [3.8, 4) is 17.0 Å². The summed E-state index contributed by atoms with van der Waals surface area (Å²) in [5.41, 5.74) is 5.37. The number of anilines is 1. The van der Waals surface area contributed by atoms with Crippen molar-refractivity contribution < 1.29 is 9.84 Å². The Bertz CT molecular complexity index is 1080. The van der Waals surface area contributed by atoms with Crippen molar-refractivity contribution in [1.29, 1.82) is 5.41 Å². The van der Waals surface area contributed by atoms with Crippen molar-refractivity contribution in [3.63, 3.8) is 0 Å². The van der Waals surface area contributed by atoms with E-state index in [1.54, 1.807) is 12.0 Å². The first-order valence-corrected chi connectivity index (χ1v) is 9.82. The Morgan fingerprint density at radius 3 is 2.54 bits per heavy atom. The Kier molecular flexibility index (Phi) is 4.65. The second kappa shape index (κ2) is 7.13. The van der Waals surface area contributed by atoms with Crippen molar-refractivity contribution >= 4 is 28.4 Å². The third-order valence-corrected chi connectivity index (χ3v) is 5.65. The fourth-order valence-corrected chi connectivity index (χ4v) is 4.16. The topological polar surface area (TPSA) is 69.4 Å². The van der Waals surface area contributed by atoms with Crippen LogP contribution in [-0.2, 0) is 0 Å². The van der Waals surface area contributed by atoms with Gasteiger partial charge in [-0.1, -0.05) is 35.9 Å². The summed E-state index contributed by atoms with van der Waals surface area (Å²) < 4.78 is 5.46. The Balaban J connectivity index is 1.67. The SMILES string of the molecule is COc1ccc(C)cc1N1CC(O)=C(c2nc(-c3ccc(C)cc3)cs2)C1=N. The molecule has 2 N–H and O–H groups in total. The molecule has 0 amide bonds. The molecule has 28 heavy (non-hydrogen) atoms. The molecule has 142 valence electrons. The van der Waals surface area contributed by atoms with Crippen molar-refractivity contribution in [1.82, 2.24) is 4.98 Å². The van der Waals surface area contributed by atoms with Crippen LogP contribution in [0.1, 0.15) is 16.1 Å². The maximum Gasteiger partial charge on any atom is 0.142 e. The minimum Gasteiger partial charge on any atom is -0.510 e. The largest absolute Gasteiger partial charge is 0.510 e. The highest BCUT2D eigenvalue weighted by molar-refractivity contribution is 7.11. The summed E-state index contributed by atoms with van der Waals surface area (Å²) in [5.74, 6) is 1.05. The molecule has 0 bridgehead atoms. The number of nitrogens with zero attached hydrogens (tertiary/aromatic N) is 2. The number of aliphatic hydroxyl groups excluding tert-OH is 1. The second-order valence-electron chi connectivity index (χ2n) is 6.84. The number of aliphatic hydroxyl groups is 1. The highest BCUT2D eigenvalue weighted by atomic mass is 32.1. The molecule has 5 nitrogen and oxygen atoms in total. The van der Waals surface area contributed by atoms with Crippen LogP contribution in [0.15, 0.2) is 53.6 Å². The number of aryl methyl sites for hydroxylation is 2. The van der Waals surface area contributed by atoms with Gasteiger partial charge in [-0.15, -0.1) is 11.3 Å². The van der Waals surface area contributed by atoms with E-state index < -0.39 is 0 Å². The summed E-state index contributed by atoms with van der Waals surface area (Å²) in [4.78, 5) is 6.44. The average Bonchev–Trinajstić information content (AvgIpc) is 3.26. The molecule has 4 rings (SSSR count). The number of aromatic nitrogens is 1. The second-order valence-corrected chi connectivity index (χ2v) is 7.69. The first kappa shape index (κ1) is 18.3. The fourth-order valence-electron chi connectivity index (χ4n) is 3.27. The zero-order valence-electron chi connectivity index (χ0n) is 16.0. The van der Waals surface area contributed by atoms with Crippen LogP contribution in [0.2, 0.25) is 0 Å². The van der Waals surface area contributed by atoms with Crippen LogP contribution >= 0.6 is 11.3 Å². The van der Waals surface area contributed by atoms with E-state index in [2.05, 4.69) is 17.1 Å². The van der Waals surface area contributed by atoms with Crippen LogP contribution in [0, 0.1) is 19.3 Å². The standard InChI is InChI=1S/C22H21N3O2S/c1-13-4-7-15(8-5-13)16-12-28-22(24-16)20-18(26)11-25(21(20)23)17-10-14(2)6-9-19(17)27-3/h4-10,12,23,26H,11H2,1-3H3. The lowest BCUT2D eigenvalue weighted by Gasteiger charge is -2.21. The molecule has 2 aromatic carbocycles. The molecule has 0 unspecified atom stereocenters. The maximum absolute atomic E-state index is 10.6. The molecule has 2 heterocycles. The normalized spacial score (nSPS) is 14.1. The van der Waals surface area contributed by atoms with Gasteiger partial charge in [0.2, 0.25) is 0 Å². The summed E-state index contributed by atoms with van der Waals surface area (Å²) >= 11 is 1.44. The van der Waals surface area contributed by atoms with Crippen LogP contribution in [0.5, 0.6) is 5.75 Å². The Hall–Kier alpha value is -3.12. The van der Waals surface area contributed by atoms with Gasteiger partial charge in [0.1, 0.15) is 22.4 Å². The Labute approximate surface area is 168 Å². The van der Waals surface area contributed by atoms with Gasteiger partial charge in [0.25, 0.3) is 0 Å². The number of ether oxygens (including phenoxy) is 1. The first-order chi connectivity index (χ1) is 13.5. The number of rotatable bonds is 4. The van der Waals surface area contributed by atoms with Gasteiger partial charge in [0.15, 0.2) is 0 Å². The van der Waals surface area contributed by atoms with Crippen molar-refractivity contribution in [2.45, 2.75) is 13.8 Å². The summed E-state index contributed by atoms with van der Waals surface area (Å²) in [7, 11) is 1.61. The third kappa shape index (κ3) is 3.16. The predicted octanol–water partition coefficient (Wildman–Crippen LogP) is 5.20. The van der Waals surface area contributed by atoms with Gasteiger partial charge in [0, 0.05) is 10.9 Å². The molecule has 0 spiro atoms. The summed E-state index contributed by atoms with van der Waals surface area (Å²) in [6.45, 7) is 4.27. The molecule has 1 aliphatic rings. The van der Waals surface area contributed by atoms with Gasteiger partial charge in [-0.2, -0.15) is 0 Å². The molecular weight excluding hydrogens is 370 g/mol. The Morgan fingerprint density at radius 1 is 1.11 bits per heavy atom. The number of methoxy groups -OCH3 is 1. The van der Waals surface area contributed by atoms with E-state index in [9.17, 15) is 5.11 Å². The number of hydrogen-bond donors (Lipinski definition) is 2. The van der Waals surface area contributed by atoms with Gasteiger partial charge >= 0.3 is 0 Å². The molecule has 1 aliphatic heterocycles. The van der Waals surface area contributed by atoms with E-state index in [1.807, 2.05) is 49.6 Å². The molecule has 0 aliphatic carbocycles. The average molecular weight is 391 g/mol. The third-order valence-electron chi connectivity index (χ3n) is 4.79. The number of hydrogen-bond acceptors (Lipinski definition) is 5. The van der Waals surface area contributed by atoms with Crippen molar-refractivity contribution in [2.24, 2.45) is 0 Å². The smallest absolute Gasteiger partial charge is 0.142 e. The quantitative estimate of drug-likeness (QED) is 0.641. The lowest BCUT2D eigenvalue weighted by molar-refractivity contribution is 0.406. The fraction of sp³-hybridized carbons (Fsp3) is 0.182. The molecule has 0 saturated carbocycles. The van der Waals surface area contributed by atoms with E-state index in [0.717, 1.165) is 22.5 Å². The summed E-state index contributed by atoms with van der Waals surface area (Å²) in [5, 5.41) is 21.9. The zero-order chi connectivity index (χ0) is 19.8. The van der Waals surface area contributed by atoms with Gasteiger partial charge in [0.05, 0.1) is 30.6 Å². The molecule has 3 aromatic rings. The van der Waals surface area contributed by atoms with Gasteiger partial charge < -0.3 is 14.7 Å². The first-order valence-electron chi connectivity index (χ1n) is 8.94. The summed E-state index contributed by atoms with van der Waals surface area (Å²) in [6, 6.07) is 14.0. The molecule has 0 fully saturated rings. The van der Waals surface area contributed by atoms with Crippen LogP contribution in [-0.4, -0.2) is 29.6 Å². The van der Waals surface area contributed by atoms with E-state index in [4.69, 9.17) is 10.1 Å². The van der Waals surface area contributed by atoms with E-state index in [-0.39, 0.29) is 18.1 Å². The summed E-state index contributed by atoms with van der Waals surface area (Å²) in [6.07, 6.45) is 0. The van der Waals surface area contributed by atoms with E-state index in [1.165, 1.54) is 16.9 Å². The monoisotopic (exact) mass is 391 g/mol. The molecule has 0 radical (unpaired) electrons. The molecule has 6 heteroatoms. The van der Waals surface area contributed by atoms with Crippen LogP contribution < -0.4 is 9.64 Å². The van der Waals surface area contributed by atoms with Gasteiger partial charge in [-0.05, 0) is 31.5 Å². The molecular formula is C22H21N3O2S. The van der Waals surface area contributed by atoms with Gasteiger partial charge in [-0.3, -0.25) is 5.41 Å². The Morgan fingerprint density at radius 2 is 1.82 bits per heavy atom. The lowest BCUT2D eigenvalue weighted by atomic mass is 10.1. The van der Waals surface area contributed by atoms with Crippen molar-refractivity contribution in [3.05, 3.63) is 69.7 Å². The predicted molar refractivity (Wildman–Crippen MR) is 115 cm³/mol. The number of thiazole rings is 1. The van der Waals surface area contributed by atoms with E-state index >= 15 is 0 Å². The maximum atomic E-state index is 10.6. The van der Waals surface area contributed by atoms with Crippen LogP contribution in [0.4, 0.5) is 5.69 Å². The number of benzene rings is 2. The highest BCUT2D eigenvalue weighted by Crippen LogP contribution is 2.38. The van der Waals surface area contributed by atoms with Crippen molar-refractivity contribution in [2.75, 3.05) is 18.6 Å². The molecule has 0 atom stereocenters. The lowest BCUT2D eigenvalue weighted by Crippen LogP contribution is -2.26. The highest BCUT2D eigenvalue weighted by Gasteiger charge is 2.32. The van der Waals surface area contributed by atoms with Gasteiger partial charge in [-0.25, -0.2) is 4.98 Å². The molecule has 0 saturated heterocycles. The number of nitrogens with one attached hydrogen (secondary N) is 1.